The van der Waals surface area contributed by atoms with Gasteiger partial charge in [0.05, 0.1) is 0 Å². The molecule has 0 amide bonds. The fourth-order valence-electron chi connectivity index (χ4n) is 2.33. The van der Waals surface area contributed by atoms with Crippen molar-refractivity contribution in [1.29, 1.82) is 0 Å². The van der Waals surface area contributed by atoms with Gasteiger partial charge in [-0.2, -0.15) is 0 Å². The first-order valence-electron chi connectivity index (χ1n) is 7.92. The van der Waals surface area contributed by atoms with E-state index in [1.807, 2.05) is 0 Å². The fourth-order valence-corrected chi connectivity index (χ4v) is 2.33. The summed E-state index contributed by atoms with van der Waals surface area (Å²) in [6.07, 6.45) is 3.65. The smallest absolute Gasteiger partial charge is 0.0233 e. The quantitative estimate of drug-likeness (QED) is 0.776. The van der Waals surface area contributed by atoms with Crippen LogP contribution in [0.2, 0.25) is 0 Å². The van der Waals surface area contributed by atoms with Crippen molar-refractivity contribution in [1.82, 2.24) is 10.2 Å². The zero-order valence-electron chi connectivity index (χ0n) is 14.0. The minimum atomic E-state index is 0.201. The summed E-state index contributed by atoms with van der Waals surface area (Å²) in [5.74, 6) is 0. The normalized spacial score (nSPS) is 12.1. The molecule has 20 heavy (non-hydrogen) atoms. The van der Waals surface area contributed by atoms with Crippen LogP contribution in [0.25, 0.3) is 0 Å². The second kappa shape index (κ2) is 8.43. The summed E-state index contributed by atoms with van der Waals surface area (Å²) < 4.78 is 0. The molecule has 0 radical (unpaired) electrons. The molecule has 0 aliphatic rings. The van der Waals surface area contributed by atoms with Crippen LogP contribution in [0.1, 0.15) is 51.7 Å². The predicted octanol–water partition coefficient (Wildman–Crippen LogP) is 3.85. The van der Waals surface area contributed by atoms with Gasteiger partial charge >= 0.3 is 0 Å². The van der Waals surface area contributed by atoms with E-state index < -0.39 is 0 Å². The molecule has 0 bridgehead atoms. The summed E-state index contributed by atoms with van der Waals surface area (Å²) in [5.41, 5.74) is 3.15. The Morgan fingerprint density at radius 2 is 1.75 bits per heavy atom. The van der Waals surface area contributed by atoms with Gasteiger partial charge in [-0.15, -0.1) is 0 Å². The molecule has 2 heteroatoms. The molecule has 0 unspecified atom stereocenters. The Labute approximate surface area is 125 Å². The number of nitrogens with one attached hydrogen (secondary N) is 1. The highest BCUT2D eigenvalue weighted by molar-refractivity contribution is 5.27. The summed E-state index contributed by atoms with van der Waals surface area (Å²) in [6.45, 7) is 12.2. The van der Waals surface area contributed by atoms with Crippen LogP contribution in [0.15, 0.2) is 24.3 Å². The molecule has 0 spiro atoms. The molecule has 0 saturated carbocycles. The lowest BCUT2D eigenvalue weighted by Crippen LogP contribution is -2.37. The Morgan fingerprint density at radius 1 is 1.10 bits per heavy atom. The Balaban J connectivity index is 2.54. The number of nitrogens with zero attached hydrogens (tertiary/aromatic N) is 1. The summed E-state index contributed by atoms with van der Waals surface area (Å²) in [6, 6.07) is 8.86. The SMILES string of the molecule is CCCCN(C)Cc1ccccc1CCNC(C)(C)C. The molecule has 1 aromatic carbocycles. The molecule has 0 atom stereocenters. The van der Waals surface area contributed by atoms with Gasteiger partial charge in [-0.25, -0.2) is 0 Å². The van der Waals surface area contributed by atoms with Gasteiger partial charge in [0.2, 0.25) is 0 Å². The third-order valence-electron chi connectivity index (χ3n) is 3.50. The molecule has 114 valence electrons. The van der Waals surface area contributed by atoms with Crippen molar-refractivity contribution in [3.05, 3.63) is 35.4 Å². The largest absolute Gasteiger partial charge is 0.312 e. The molecule has 1 aromatic rings. The maximum absolute atomic E-state index is 3.57. The molecular weight excluding hydrogens is 244 g/mol. The highest BCUT2D eigenvalue weighted by Gasteiger charge is 2.09. The second-order valence-electron chi connectivity index (χ2n) is 6.79. The number of benzene rings is 1. The molecule has 0 saturated heterocycles. The van der Waals surface area contributed by atoms with Crippen LogP contribution >= 0.6 is 0 Å². The molecule has 2 nitrogen and oxygen atoms in total. The van der Waals surface area contributed by atoms with Crippen molar-refractivity contribution < 1.29 is 0 Å². The van der Waals surface area contributed by atoms with Gasteiger partial charge in [-0.1, -0.05) is 37.6 Å². The number of hydrogen-bond acceptors (Lipinski definition) is 2. The average molecular weight is 276 g/mol. The third-order valence-corrected chi connectivity index (χ3v) is 3.50. The van der Waals surface area contributed by atoms with E-state index in [0.29, 0.717) is 0 Å². The lowest BCUT2D eigenvalue weighted by Gasteiger charge is -2.22. The molecule has 0 fully saturated rings. The lowest BCUT2D eigenvalue weighted by molar-refractivity contribution is 0.319. The molecule has 0 heterocycles. The van der Waals surface area contributed by atoms with Gasteiger partial charge in [0.15, 0.2) is 0 Å². The van der Waals surface area contributed by atoms with Crippen molar-refractivity contribution in [2.24, 2.45) is 0 Å². The first-order chi connectivity index (χ1) is 9.42. The van der Waals surface area contributed by atoms with E-state index in [1.54, 1.807) is 0 Å². The van der Waals surface area contributed by atoms with Gasteiger partial charge in [0.1, 0.15) is 0 Å². The van der Waals surface area contributed by atoms with Crippen molar-refractivity contribution in [3.63, 3.8) is 0 Å². The van der Waals surface area contributed by atoms with E-state index in [1.165, 1.54) is 30.5 Å². The second-order valence-corrected chi connectivity index (χ2v) is 6.79. The van der Waals surface area contributed by atoms with Crippen LogP contribution in [0.5, 0.6) is 0 Å². The van der Waals surface area contributed by atoms with E-state index in [9.17, 15) is 0 Å². The molecule has 0 aliphatic carbocycles. The molecule has 1 N–H and O–H groups in total. The number of unbranched alkanes of at least 4 members (excludes halogenated alkanes) is 1. The molecule has 1 rings (SSSR count). The van der Waals surface area contributed by atoms with Crippen LogP contribution < -0.4 is 5.32 Å². The summed E-state index contributed by atoms with van der Waals surface area (Å²) in [7, 11) is 2.22. The fraction of sp³-hybridized carbons (Fsp3) is 0.667. The van der Waals surface area contributed by atoms with E-state index >= 15 is 0 Å². The van der Waals surface area contributed by atoms with Crippen LogP contribution in [0.4, 0.5) is 0 Å². The Morgan fingerprint density at radius 3 is 2.35 bits per heavy atom. The monoisotopic (exact) mass is 276 g/mol. The van der Waals surface area contributed by atoms with Gasteiger partial charge < -0.3 is 10.2 Å². The number of rotatable bonds is 8. The summed E-state index contributed by atoms with van der Waals surface area (Å²) in [5, 5.41) is 3.57. The van der Waals surface area contributed by atoms with Gasteiger partial charge in [-0.3, -0.25) is 0 Å². The highest BCUT2D eigenvalue weighted by atomic mass is 15.1. The maximum atomic E-state index is 3.57. The first-order valence-corrected chi connectivity index (χ1v) is 7.92. The Bertz CT molecular complexity index is 379. The maximum Gasteiger partial charge on any atom is 0.0233 e. The molecule has 0 aliphatic heterocycles. The Kier molecular flexibility index (Phi) is 7.25. The highest BCUT2D eigenvalue weighted by Crippen LogP contribution is 2.12. The van der Waals surface area contributed by atoms with Crippen molar-refractivity contribution in [2.45, 2.75) is 59.0 Å². The minimum Gasteiger partial charge on any atom is -0.312 e. The van der Waals surface area contributed by atoms with E-state index in [0.717, 1.165) is 19.5 Å². The standard InChI is InChI=1S/C18H32N2/c1-6-7-14-20(5)15-17-11-9-8-10-16(17)12-13-19-18(2,3)4/h8-11,19H,6-7,12-15H2,1-5H3. The number of hydrogen-bond donors (Lipinski definition) is 1. The van der Waals surface area contributed by atoms with Crippen LogP contribution in [0, 0.1) is 0 Å². The third kappa shape index (κ3) is 7.06. The topological polar surface area (TPSA) is 15.3 Å². The van der Waals surface area contributed by atoms with Gasteiger partial charge in [0.25, 0.3) is 0 Å². The lowest BCUT2D eigenvalue weighted by atomic mass is 10.0. The zero-order valence-corrected chi connectivity index (χ0v) is 14.0. The molecular formula is C18H32N2. The molecule has 0 aromatic heterocycles. The zero-order chi connectivity index (χ0) is 15.0. The summed E-state index contributed by atoms with van der Waals surface area (Å²) >= 11 is 0. The van der Waals surface area contributed by atoms with Crippen molar-refractivity contribution >= 4 is 0 Å². The van der Waals surface area contributed by atoms with Gasteiger partial charge in [-0.05, 0) is 64.9 Å². The van der Waals surface area contributed by atoms with Crippen LogP contribution in [0.3, 0.4) is 0 Å². The van der Waals surface area contributed by atoms with Crippen molar-refractivity contribution in [3.8, 4) is 0 Å². The van der Waals surface area contributed by atoms with Crippen LogP contribution in [-0.4, -0.2) is 30.6 Å². The summed E-state index contributed by atoms with van der Waals surface area (Å²) in [4.78, 5) is 2.43. The van der Waals surface area contributed by atoms with E-state index in [2.05, 4.69) is 69.2 Å². The van der Waals surface area contributed by atoms with Crippen LogP contribution in [-0.2, 0) is 13.0 Å². The van der Waals surface area contributed by atoms with Gasteiger partial charge in [0, 0.05) is 12.1 Å². The van der Waals surface area contributed by atoms with E-state index in [4.69, 9.17) is 0 Å². The Hall–Kier alpha value is -0.860. The minimum absolute atomic E-state index is 0.201. The van der Waals surface area contributed by atoms with E-state index in [-0.39, 0.29) is 5.54 Å². The first kappa shape index (κ1) is 17.2. The predicted molar refractivity (Wildman–Crippen MR) is 89.1 cm³/mol. The van der Waals surface area contributed by atoms with Crippen molar-refractivity contribution in [2.75, 3.05) is 20.1 Å². The average Bonchev–Trinajstić information content (AvgIpc) is 2.37.